The van der Waals surface area contributed by atoms with E-state index in [1.54, 1.807) is 24.3 Å². The Balaban J connectivity index is 1.54. The second-order valence-electron chi connectivity index (χ2n) is 6.35. The van der Waals surface area contributed by atoms with Gasteiger partial charge in [0.2, 0.25) is 0 Å². The fourth-order valence-corrected chi connectivity index (χ4v) is 3.78. The summed E-state index contributed by atoms with van der Waals surface area (Å²) in [6, 6.07) is 15.0. The maximum absolute atomic E-state index is 12.7. The molecule has 0 unspecified atom stereocenters. The van der Waals surface area contributed by atoms with Crippen LogP contribution in [0.2, 0.25) is 0 Å². The lowest BCUT2D eigenvalue weighted by atomic mass is 10.1. The molecular formula is C21H23N3O2S. The molecule has 140 valence electrons. The van der Waals surface area contributed by atoms with Gasteiger partial charge in [0.25, 0.3) is 5.91 Å². The highest BCUT2D eigenvalue weighted by atomic mass is 32.2. The second kappa shape index (κ2) is 9.33. The molecule has 1 saturated heterocycles. The van der Waals surface area contributed by atoms with Gasteiger partial charge in [-0.1, -0.05) is 6.07 Å². The van der Waals surface area contributed by atoms with Crippen LogP contribution in [0, 0.1) is 18.3 Å². The van der Waals surface area contributed by atoms with E-state index in [1.165, 1.54) is 0 Å². The van der Waals surface area contributed by atoms with Crippen LogP contribution in [0.1, 0.15) is 21.5 Å². The smallest absolute Gasteiger partial charge is 0.253 e. The minimum Gasteiger partial charge on any atom is -0.492 e. The standard InChI is InChI=1S/C21H23N3O2S/c1-16-2-5-18(21(25)24-9-12-27-13-10-24)14-20(16)23-8-11-26-19-6-3-17(15-22)4-7-19/h2-7,14,23H,8-13H2,1H3. The van der Waals surface area contributed by atoms with Crippen molar-refractivity contribution in [3.05, 3.63) is 59.2 Å². The molecule has 1 aliphatic heterocycles. The topological polar surface area (TPSA) is 65.4 Å². The Labute approximate surface area is 164 Å². The minimum absolute atomic E-state index is 0.104. The van der Waals surface area contributed by atoms with E-state index >= 15 is 0 Å². The van der Waals surface area contributed by atoms with E-state index in [-0.39, 0.29) is 5.91 Å². The van der Waals surface area contributed by atoms with Gasteiger partial charge in [0.05, 0.1) is 11.6 Å². The zero-order valence-electron chi connectivity index (χ0n) is 15.4. The van der Waals surface area contributed by atoms with Crippen LogP contribution >= 0.6 is 11.8 Å². The number of anilines is 1. The molecule has 0 radical (unpaired) electrons. The number of carbonyl (C=O) groups is 1. The zero-order valence-corrected chi connectivity index (χ0v) is 16.2. The van der Waals surface area contributed by atoms with Crippen molar-refractivity contribution in [3.8, 4) is 11.8 Å². The Hall–Kier alpha value is -2.65. The third-order valence-corrected chi connectivity index (χ3v) is 5.39. The van der Waals surface area contributed by atoms with E-state index in [1.807, 2.05) is 41.8 Å². The van der Waals surface area contributed by atoms with Crippen molar-refractivity contribution in [1.82, 2.24) is 4.90 Å². The number of carbonyl (C=O) groups excluding carboxylic acids is 1. The van der Waals surface area contributed by atoms with Gasteiger partial charge in [0.15, 0.2) is 0 Å². The number of nitriles is 1. The molecule has 2 aromatic carbocycles. The van der Waals surface area contributed by atoms with E-state index in [0.717, 1.165) is 47.2 Å². The van der Waals surface area contributed by atoms with Crippen LogP contribution in [0.3, 0.4) is 0 Å². The predicted octanol–water partition coefficient (Wildman–Crippen LogP) is 3.55. The minimum atomic E-state index is 0.104. The van der Waals surface area contributed by atoms with Gasteiger partial charge in [0.1, 0.15) is 12.4 Å². The van der Waals surface area contributed by atoms with Gasteiger partial charge in [0, 0.05) is 42.4 Å². The van der Waals surface area contributed by atoms with Crippen LogP contribution in [0.5, 0.6) is 5.75 Å². The molecule has 0 bridgehead atoms. The van der Waals surface area contributed by atoms with E-state index in [4.69, 9.17) is 10.00 Å². The molecule has 1 amide bonds. The molecule has 3 rings (SSSR count). The van der Waals surface area contributed by atoms with Crippen molar-refractivity contribution in [1.29, 1.82) is 5.26 Å². The lowest BCUT2D eigenvalue weighted by Gasteiger charge is -2.26. The number of ether oxygens (including phenoxy) is 1. The van der Waals surface area contributed by atoms with Crippen molar-refractivity contribution in [2.75, 3.05) is 43.1 Å². The van der Waals surface area contributed by atoms with E-state index in [2.05, 4.69) is 11.4 Å². The molecule has 6 heteroatoms. The molecule has 0 spiro atoms. The maximum atomic E-state index is 12.7. The van der Waals surface area contributed by atoms with Crippen LogP contribution < -0.4 is 10.1 Å². The van der Waals surface area contributed by atoms with Crippen molar-refractivity contribution in [3.63, 3.8) is 0 Å². The van der Waals surface area contributed by atoms with Gasteiger partial charge in [-0.3, -0.25) is 4.79 Å². The highest BCUT2D eigenvalue weighted by Crippen LogP contribution is 2.20. The van der Waals surface area contributed by atoms with Gasteiger partial charge in [-0.05, 0) is 48.9 Å². The number of rotatable bonds is 6. The number of hydrogen-bond acceptors (Lipinski definition) is 5. The third-order valence-electron chi connectivity index (χ3n) is 4.45. The van der Waals surface area contributed by atoms with Crippen molar-refractivity contribution >= 4 is 23.4 Å². The Morgan fingerprint density at radius 2 is 1.96 bits per heavy atom. The number of amides is 1. The quantitative estimate of drug-likeness (QED) is 0.775. The highest BCUT2D eigenvalue weighted by molar-refractivity contribution is 7.99. The lowest BCUT2D eigenvalue weighted by molar-refractivity contribution is 0.0772. The van der Waals surface area contributed by atoms with E-state index < -0.39 is 0 Å². The van der Waals surface area contributed by atoms with Crippen LogP contribution in [0.4, 0.5) is 5.69 Å². The molecule has 1 N–H and O–H groups in total. The summed E-state index contributed by atoms with van der Waals surface area (Å²) >= 11 is 1.89. The summed E-state index contributed by atoms with van der Waals surface area (Å²) in [7, 11) is 0. The summed E-state index contributed by atoms with van der Waals surface area (Å²) in [6.45, 7) is 4.78. The number of aryl methyl sites for hydroxylation is 1. The summed E-state index contributed by atoms with van der Waals surface area (Å²) in [5, 5.41) is 12.2. The van der Waals surface area contributed by atoms with Crippen molar-refractivity contribution < 1.29 is 9.53 Å². The molecule has 1 aliphatic rings. The van der Waals surface area contributed by atoms with Gasteiger partial charge in [-0.25, -0.2) is 0 Å². The van der Waals surface area contributed by atoms with Crippen LogP contribution in [0.15, 0.2) is 42.5 Å². The monoisotopic (exact) mass is 381 g/mol. The van der Waals surface area contributed by atoms with E-state index in [9.17, 15) is 4.79 Å². The normalized spacial score (nSPS) is 13.7. The lowest BCUT2D eigenvalue weighted by Crippen LogP contribution is -2.37. The van der Waals surface area contributed by atoms with Gasteiger partial charge >= 0.3 is 0 Å². The van der Waals surface area contributed by atoms with Crippen molar-refractivity contribution in [2.24, 2.45) is 0 Å². The number of hydrogen-bond donors (Lipinski definition) is 1. The van der Waals surface area contributed by atoms with Crippen LogP contribution in [-0.4, -0.2) is 48.6 Å². The molecule has 0 aromatic heterocycles. The van der Waals surface area contributed by atoms with Crippen molar-refractivity contribution in [2.45, 2.75) is 6.92 Å². The Bertz CT molecular complexity index is 824. The van der Waals surface area contributed by atoms with Crippen LogP contribution in [0.25, 0.3) is 0 Å². The molecule has 2 aromatic rings. The van der Waals surface area contributed by atoms with Gasteiger partial charge in [-0.2, -0.15) is 17.0 Å². The first-order chi connectivity index (χ1) is 13.2. The predicted molar refractivity (Wildman–Crippen MR) is 110 cm³/mol. The third kappa shape index (κ3) is 5.18. The molecular weight excluding hydrogens is 358 g/mol. The number of nitrogens with one attached hydrogen (secondary N) is 1. The summed E-state index contributed by atoms with van der Waals surface area (Å²) in [5.74, 6) is 2.86. The largest absolute Gasteiger partial charge is 0.492 e. The van der Waals surface area contributed by atoms with Gasteiger partial charge in [-0.15, -0.1) is 0 Å². The fraction of sp³-hybridized carbons (Fsp3) is 0.333. The Morgan fingerprint density at radius 1 is 1.22 bits per heavy atom. The zero-order chi connectivity index (χ0) is 19.1. The summed E-state index contributed by atoms with van der Waals surface area (Å²) < 4.78 is 5.69. The Morgan fingerprint density at radius 3 is 2.67 bits per heavy atom. The average molecular weight is 382 g/mol. The first kappa shape index (κ1) is 19.1. The second-order valence-corrected chi connectivity index (χ2v) is 7.57. The fourth-order valence-electron chi connectivity index (χ4n) is 2.87. The molecule has 27 heavy (non-hydrogen) atoms. The summed E-state index contributed by atoms with van der Waals surface area (Å²) in [6.07, 6.45) is 0. The molecule has 0 atom stereocenters. The molecule has 5 nitrogen and oxygen atoms in total. The average Bonchev–Trinajstić information content (AvgIpc) is 2.73. The number of nitrogens with zero attached hydrogens (tertiary/aromatic N) is 2. The molecule has 1 heterocycles. The first-order valence-corrected chi connectivity index (χ1v) is 10.2. The summed E-state index contributed by atoms with van der Waals surface area (Å²) in [5.41, 5.74) is 3.39. The molecule has 0 saturated carbocycles. The summed E-state index contributed by atoms with van der Waals surface area (Å²) in [4.78, 5) is 14.6. The molecule has 1 fully saturated rings. The first-order valence-electron chi connectivity index (χ1n) is 9.02. The van der Waals surface area contributed by atoms with Crippen LogP contribution in [-0.2, 0) is 0 Å². The number of benzene rings is 2. The van der Waals surface area contributed by atoms with Gasteiger partial charge < -0.3 is 15.0 Å². The highest BCUT2D eigenvalue weighted by Gasteiger charge is 2.18. The maximum Gasteiger partial charge on any atom is 0.253 e. The molecule has 0 aliphatic carbocycles. The SMILES string of the molecule is Cc1ccc(C(=O)N2CCSCC2)cc1NCCOc1ccc(C#N)cc1. The number of thioether (sulfide) groups is 1. The van der Waals surface area contributed by atoms with E-state index in [0.29, 0.717) is 18.7 Å². The Kier molecular flexibility index (Phi) is 6.61.